The SMILES string of the molecule is COc1cc(C=CC(=O)Nc2nncs2)cc(OC)c1OC. The number of carbonyl (C=O) groups excluding carboxylic acids is 1. The third kappa shape index (κ3) is 3.73. The van der Waals surface area contributed by atoms with E-state index in [0.717, 1.165) is 5.56 Å². The summed E-state index contributed by atoms with van der Waals surface area (Å²) in [6.07, 6.45) is 3.03. The van der Waals surface area contributed by atoms with E-state index in [4.69, 9.17) is 14.2 Å². The van der Waals surface area contributed by atoms with Gasteiger partial charge in [-0.2, -0.15) is 0 Å². The van der Waals surface area contributed by atoms with Gasteiger partial charge in [0.05, 0.1) is 21.3 Å². The van der Waals surface area contributed by atoms with E-state index < -0.39 is 0 Å². The molecule has 1 aromatic heterocycles. The molecule has 0 bridgehead atoms. The highest BCUT2D eigenvalue weighted by Crippen LogP contribution is 2.38. The van der Waals surface area contributed by atoms with Crippen molar-refractivity contribution in [1.82, 2.24) is 10.2 Å². The molecule has 0 aliphatic carbocycles. The Balaban J connectivity index is 2.18. The van der Waals surface area contributed by atoms with Gasteiger partial charge in [0.15, 0.2) is 11.5 Å². The molecule has 22 heavy (non-hydrogen) atoms. The van der Waals surface area contributed by atoms with Gasteiger partial charge in [-0.15, -0.1) is 10.2 Å². The second-order valence-corrected chi connectivity index (χ2v) is 4.86. The molecular formula is C14H15N3O4S. The summed E-state index contributed by atoms with van der Waals surface area (Å²) < 4.78 is 15.8. The molecule has 0 saturated carbocycles. The smallest absolute Gasteiger partial charge is 0.250 e. The molecule has 1 N–H and O–H groups in total. The average Bonchev–Trinajstić information content (AvgIpc) is 3.04. The number of methoxy groups -OCH3 is 3. The van der Waals surface area contributed by atoms with Crippen LogP contribution in [0.25, 0.3) is 6.08 Å². The van der Waals surface area contributed by atoms with Gasteiger partial charge in [-0.3, -0.25) is 10.1 Å². The Morgan fingerprint density at radius 1 is 1.18 bits per heavy atom. The van der Waals surface area contributed by atoms with Crippen LogP contribution in [0.1, 0.15) is 5.56 Å². The highest BCUT2D eigenvalue weighted by Gasteiger charge is 2.12. The molecule has 0 aliphatic heterocycles. The minimum atomic E-state index is -0.300. The second kappa shape index (κ2) is 7.41. The molecule has 0 radical (unpaired) electrons. The van der Waals surface area contributed by atoms with E-state index in [1.807, 2.05) is 0 Å². The molecule has 1 heterocycles. The summed E-state index contributed by atoms with van der Waals surface area (Å²) in [5, 5.41) is 10.4. The molecular weight excluding hydrogens is 306 g/mol. The van der Waals surface area contributed by atoms with Crippen LogP contribution in [0, 0.1) is 0 Å². The monoisotopic (exact) mass is 321 g/mol. The number of nitrogens with zero attached hydrogens (tertiary/aromatic N) is 2. The van der Waals surface area contributed by atoms with Gasteiger partial charge in [-0.05, 0) is 23.8 Å². The van der Waals surface area contributed by atoms with Gasteiger partial charge >= 0.3 is 0 Å². The maximum absolute atomic E-state index is 11.8. The van der Waals surface area contributed by atoms with Gasteiger partial charge < -0.3 is 14.2 Å². The topological polar surface area (TPSA) is 82.6 Å². The molecule has 1 aromatic carbocycles. The van der Waals surface area contributed by atoms with Crippen molar-refractivity contribution in [3.05, 3.63) is 29.3 Å². The number of anilines is 1. The largest absolute Gasteiger partial charge is 0.493 e. The fourth-order valence-electron chi connectivity index (χ4n) is 1.74. The number of amides is 1. The lowest BCUT2D eigenvalue weighted by atomic mass is 10.1. The van der Waals surface area contributed by atoms with Crippen LogP contribution in [0.3, 0.4) is 0 Å². The highest BCUT2D eigenvalue weighted by atomic mass is 32.1. The Kier molecular flexibility index (Phi) is 5.31. The summed E-state index contributed by atoms with van der Waals surface area (Å²) in [6.45, 7) is 0. The fourth-order valence-corrected chi connectivity index (χ4v) is 2.19. The van der Waals surface area contributed by atoms with Crippen LogP contribution in [-0.2, 0) is 4.79 Å². The van der Waals surface area contributed by atoms with Gasteiger partial charge in [-0.1, -0.05) is 11.3 Å². The Bertz CT molecular complexity index is 646. The van der Waals surface area contributed by atoms with Crippen LogP contribution in [0.4, 0.5) is 5.13 Å². The summed E-state index contributed by atoms with van der Waals surface area (Å²) >= 11 is 1.25. The van der Waals surface area contributed by atoms with Gasteiger partial charge in [0, 0.05) is 6.08 Å². The molecule has 0 unspecified atom stereocenters. The Morgan fingerprint density at radius 3 is 2.36 bits per heavy atom. The first-order valence-corrected chi connectivity index (χ1v) is 7.11. The van der Waals surface area contributed by atoms with E-state index in [9.17, 15) is 4.79 Å². The summed E-state index contributed by atoms with van der Waals surface area (Å²) in [5.41, 5.74) is 2.28. The van der Waals surface area contributed by atoms with Crippen LogP contribution in [0.5, 0.6) is 17.2 Å². The molecule has 0 saturated heterocycles. The van der Waals surface area contributed by atoms with E-state index >= 15 is 0 Å². The van der Waals surface area contributed by atoms with Crippen molar-refractivity contribution in [2.75, 3.05) is 26.6 Å². The summed E-state index contributed by atoms with van der Waals surface area (Å²) in [4.78, 5) is 11.8. The molecule has 0 fully saturated rings. The van der Waals surface area contributed by atoms with Crippen molar-refractivity contribution in [1.29, 1.82) is 0 Å². The lowest BCUT2D eigenvalue weighted by molar-refractivity contribution is -0.111. The first kappa shape index (κ1) is 15.8. The number of carbonyl (C=O) groups is 1. The van der Waals surface area contributed by atoms with Crippen molar-refractivity contribution in [3.8, 4) is 17.2 Å². The summed E-state index contributed by atoms with van der Waals surface area (Å²) in [5.74, 6) is 1.24. The van der Waals surface area contributed by atoms with E-state index in [-0.39, 0.29) is 5.91 Å². The third-order valence-corrected chi connectivity index (χ3v) is 3.31. The fraction of sp³-hybridized carbons (Fsp3) is 0.214. The standard InChI is InChI=1S/C14H15N3O4S/c1-19-10-6-9(7-11(20-2)13(10)21-3)4-5-12(18)16-14-17-15-8-22-14/h4-8H,1-3H3,(H,16,17,18). The van der Waals surface area contributed by atoms with Crippen LogP contribution in [-0.4, -0.2) is 37.4 Å². The second-order valence-electron chi connectivity index (χ2n) is 4.03. The molecule has 0 spiro atoms. The van der Waals surface area contributed by atoms with Gasteiger partial charge in [0.2, 0.25) is 16.8 Å². The van der Waals surface area contributed by atoms with Crippen LogP contribution in [0.2, 0.25) is 0 Å². The normalized spacial score (nSPS) is 10.5. The zero-order valence-corrected chi connectivity index (χ0v) is 13.1. The number of aromatic nitrogens is 2. The summed E-state index contributed by atoms with van der Waals surface area (Å²) in [6, 6.07) is 3.49. The lowest BCUT2D eigenvalue weighted by Crippen LogP contribution is -2.07. The van der Waals surface area contributed by atoms with E-state index in [1.165, 1.54) is 38.7 Å². The zero-order chi connectivity index (χ0) is 15.9. The third-order valence-electron chi connectivity index (χ3n) is 2.70. The molecule has 0 aliphatic rings. The number of hydrogen-bond donors (Lipinski definition) is 1. The van der Waals surface area contributed by atoms with Gasteiger partial charge in [0.25, 0.3) is 0 Å². The van der Waals surface area contributed by atoms with Gasteiger partial charge in [0.1, 0.15) is 5.51 Å². The molecule has 2 rings (SSSR count). The number of ether oxygens (including phenoxy) is 3. The first-order chi connectivity index (χ1) is 10.7. The quantitative estimate of drug-likeness (QED) is 0.822. The number of hydrogen-bond acceptors (Lipinski definition) is 7. The van der Waals surface area contributed by atoms with Crippen molar-refractivity contribution in [2.45, 2.75) is 0 Å². The Labute approximate surface area is 131 Å². The number of rotatable bonds is 6. The summed E-state index contributed by atoms with van der Waals surface area (Å²) in [7, 11) is 4.60. The van der Waals surface area contributed by atoms with Crippen molar-refractivity contribution < 1.29 is 19.0 Å². The number of benzene rings is 1. The Hall–Kier alpha value is -2.61. The van der Waals surface area contributed by atoms with E-state index in [1.54, 1.807) is 23.7 Å². The van der Waals surface area contributed by atoms with Gasteiger partial charge in [-0.25, -0.2) is 0 Å². The van der Waals surface area contributed by atoms with Crippen molar-refractivity contribution >= 4 is 28.5 Å². The Morgan fingerprint density at radius 2 is 1.86 bits per heavy atom. The maximum atomic E-state index is 11.8. The molecule has 0 atom stereocenters. The van der Waals surface area contributed by atoms with Crippen LogP contribution in [0.15, 0.2) is 23.7 Å². The molecule has 1 amide bonds. The van der Waals surface area contributed by atoms with Crippen molar-refractivity contribution in [2.24, 2.45) is 0 Å². The average molecular weight is 321 g/mol. The molecule has 7 nitrogen and oxygen atoms in total. The molecule has 2 aromatic rings. The van der Waals surface area contributed by atoms with Crippen molar-refractivity contribution in [3.63, 3.8) is 0 Å². The maximum Gasteiger partial charge on any atom is 0.250 e. The van der Waals surface area contributed by atoms with Crippen LogP contribution < -0.4 is 19.5 Å². The van der Waals surface area contributed by atoms with E-state index in [0.29, 0.717) is 22.4 Å². The minimum Gasteiger partial charge on any atom is -0.493 e. The molecule has 8 heteroatoms. The first-order valence-electron chi connectivity index (χ1n) is 6.23. The highest BCUT2D eigenvalue weighted by molar-refractivity contribution is 7.13. The van der Waals surface area contributed by atoms with E-state index in [2.05, 4.69) is 15.5 Å². The molecule has 116 valence electrons. The minimum absolute atomic E-state index is 0.300. The zero-order valence-electron chi connectivity index (χ0n) is 12.3. The van der Waals surface area contributed by atoms with Crippen LogP contribution >= 0.6 is 11.3 Å². The predicted octanol–water partition coefficient (Wildman–Crippen LogP) is 2.22. The predicted molar refractivity (Wildman–Crippen MR) is 83.7 cm³/mol. The lowest BCUT2D eigenvalue weighted by Gasteiger charge is -2.12. The number of nitrogens with one attached hydrogen (secondary N) is 1.